The van der Waals surface area contributed by atoms with Crippen LogP contribution in [0.5, 0.6) is 11.5 Å². The predicted octanol–water partition coefficient (Wildman–Crippen LogP) is 4.09. The van der Waals surface area contributed by atoms with Crippen molar-refractivity contribution in [1.29, 1.82) is 0 Å². The molecule has 2 N–H and O–H groups in total. The van der Waals surface area contributed by atoms with Gasteiger partial charge in [0.2, 0.25) is 11.8 Å². The molecule has 1 aliphatic rings. The first-order chi connectivity index (χ1) is 13.6. The second-order valence-corrected chi connectivity index (χ2v) is 6.96. The number of carbonyl (C=O) groups is 2. The third kappa shape index (κ3) is 4.82. The molecule has 0 aliphatic heterocycles. The van der Waals surface area contributed by atoms with Gasteiger partial charge in [-0.3, -0.25) is 9.59 Å². The number of para-hydroxylation sites is 1. The summed E-state index contributed by atoms with van der Waals surface area (Å²) in [4.78, 5) is 25.0. The zero-order valence-electron chi connectivity index (χ0n) is 16.2. The average molecular weight is 382 g/mol. The first-order valence-corrected chi connectivity index (χ1v) is 9.49. The van der Waals surface area contributed by atoms with Gasteiger partial charge in [0.15, 0.2) is 11.5 Å². The van der Waals surface area contributed by atoms with Crippen molar-refractivity contribution >= 4 is 23.2 Å². The lowest BCUT2D eigenvalue weighted by Gasteiger charge is -2.27. The molecule has 0 bridgehead atoms. The summed E-state index contributed by atoms with van der Waals surface area (Å²) < 4.78 is 10.5. The SMILES string of the molecule is COc1ccc(NC(=O)C2CCC(C(=O)Nc3ccccc3)CC2)cc1OC. The maximum absolute atomic E-state index is 12.6. The Balaban J connectivity index is 1.52. The number of methoxy groups -OCH3 is 2. The number of nitrogens with one attached hydrogen (secondary N) is 2. The molecule has 0 unspecified atom stereocenters. The predicted molar refractivity (Wildman–Crippen MR) is 109 cm³/mol. The molecule has 148 valence electrons. The fraction of sp³-hybridized carbons (Fsp3) is 0.364. The van der Waals surface area contributed by atoms with Crippen molar-refractivity contribution in [3.63, 3.8) is 0 Å². The summed E-state index contributed by atoms with van der Waals surface area (Å²) in [5.74, 6) is 1.06. The van der Waals surface area contributed by atoms with Crippen molar-refractivity contribution in [2.24, 2.45) is 11.8 Å². The molecule has 6 heteroatoms. The van der Waals surface area contributed by atoms with E-state index >= 15 is 0 Å². The molecular weight excluding hydrogens is 356 g/mol. The molecule has 1 saturated carbocycles. The summed E-state index contributed by atoms with van der Waals surface area (Å²) >= 11 is 0. The third-order valence-corrected chi connectivity index (χ3v) is 5.16. The first-order valence-electron chi connectivity index (χ1n) is 9.49. The van der Waals surface area contributed by atoms with Gasteiger partial charge in [0.05, 0.1) is 14.2 Å². The molecule has 2 aromatic rings. The molecule has 0 saturated heterocycles. The molecule has 3 rings (SSSR count). The molecule has 0 aromatic heterocycles. The first kappa shape index (κ1) is 19.7. The van der Waals surface area contributed by atoms with Gasteiger partial charge >= 0.3 is 0 Å². The van der Waals surface area contributed by atoms with E-state index in [0.29, 0.717) is 42.9 Å². The van der Waals surface area contributed by atoms with Crippen molar-refractivity contribution in [2.75, 3.05) is 24.9 Å². The van der Waals surface area contributed by atoms with Crippen LogP contribution in [0.1, 0.15) is 25.7 Å². The number of anilines is 2. The minimum atomic E-state index is -0.0890. The van der Waals surface area contributed by atoms with E-state index in [1.807, 2.05) is 30.3 Å². The van der Waals surface area contributed by atoms with E-state index in [0.717, 1.165) is 5.69 Å². The maximum atomic E-state index is 12.6. The molecule has 1 fully saturated rings. The summed E-state index contributed by atoms with van der Waals surface area (Å²) in [5, 5.41) is 5.90. The van der Waals surface area contributed by atoms with Crippen LogP contribution in [-0.4, -0.2) is 26.0 Å². The van der Waals surface area contributed by atoms with E-state index in [-0.39, 0.29) is 23.7 Å². The Morgan fingerprint density at radius 2 is 1.29 bits per heavy atom. The molecule has 1 aliphatic carbocycles. The summed E-state index contributed by atoms with van der Waals surface area (Å²) in [6, 6.07) is 14.8. The van der Waals surface area contributed by atoms with Crippen LogP contribution in [0.3, 0.4) is 0 Å². The summed E-state index contributed by atoms with van der Waals surface area (Å²) in [7, 11) is 3.13. The van der Waals surface area contributed by atoms with E-state index in [9.17, 15) is 9.59 Å². The highest BCUT2D eigenvalue weighted by Crippen LogP contribution is 2.33. The molecule has 0 atom stereocenters. The molecule has 2 amide bonds. The van der Waals surface area contributed by atoms with Crippen LogP contribution in [0.25, 0.3) is 0 Å². The lowest BCUT2D eigenvalue weighted by Crippen LogP contribution is -2.32. The van der Waals surface area contributed by atoms with E-state index in [1.54, 1.807) is 32.4 Å². The third-order valence-electron chi connectivity index (χ3n) is 5.16. The Bertz CT molecular complexity index is 815. The molecule has 0 spiro atoms. The monoisotopic (exact) mass is 382 g/mol. The van der Waals surface area contributed by atoms with Crippen LogP contribution >= 0.6 is 0 Å². The highest BCUT2D eigenvalue weighted by atomic mass is 16.5. The van der Waals surface area contributed by atoms with Gasteiger partial charge in [0, 0.05) is 29.3 Å². The minimum Gasteiger partial charge on any atom is -0.493 e. The van der Waals surface area contributed by atoms with Crippen molar-refractivity contribution in [3.8, 4) is 11.5 Å². The largest absolute Gasteiger partial charge is 0.493 e. The van der Waals surface area contributed by atoms with Crippen LogP contribution in [0.15, 0.2) is 48.5 Å². The van der Waals surface area contributed by atoms with Crippen LogP contribution in [-0.2, 0) is 9.59 Å². The average Bonchev–Trinajstić information content (AvgIpc) is 2.74. The van der Waals surface area contributed by atoms with Crippen LogP contribution < -0.4 is 20.1 Å². The van der Waals surface area contributed by atoms with E-state index in [1.165, 1.54) is 0 Å². The number of hydrogen-bond donors (Lipinski definition) is 2. The summed E-state index contributed by atoms with van der Waals surface area (Å²) in [6.07, 6.45) is 2.82. The molecular formula is C22H26N2O4. The summed E-state index contributed by atoms with van der Waals surface area (Å²) in [5.41, 5.74) is 1.48. The van der Waals surface area contributed by atoms with E-state index in [2.05, 4.69) is 10.6 Å². The quantitative estimate of drug-likeness (QED) is 0.789. The van der Waals surface area contributed by atoms with Crippen molar-refractivity contribution in [3.05, 3.63) is 48.5 Å². The normalized spacial score (nSPS) is 18.8. The highest BCUT2D eigenvalue weighted by Gasteiger charge is 2.30. The van der Waals surface area contributed by atoms with Gasteiger partial charge in [-0.15, -0.1) is 0 Å². The lowest BCUT2D eigenvalue weighted by molar-refractivity contribution is -0.125. The Morgan fingerprint density at radius 1 is 0.750 bits per heavy atom. The van der Waals surface area contributed by atoms with E-state index < -0.39 is 0 Å². The molecule has 28 heavy (non-hydrogen) atoms. The zero-order valence-corrected chi connectivity index (χ0v) is 16.2. The number of amides is 2. The van der Waals surface area contributed by atoms with E-state index in [4.69, 9.17) is 9.47 Å². The van der Waals surface area contributed by atoms with Crippen molar-refractivity contribution in [1.82, 2.24) is 0 Å². The Kier molecular flexibility index (Phi) is 6.53. The van der Waals surface area contributed by atoms with Gasteiger partial charge in [-0.2, -0.15) is 0 Å². The van der Waals surface area contributed by atoms with Crippen LogP contribution in [0.4, 0.5) is 11.4 Å². The number of ether oxygens (including phenoxy) is 2. The fourth-order valence-corrected chi connectivity index (χ4v) is 3.54. The number of hydrogen-bond acceptors (Lipinski definition) is 4. The summed E-state index contributed by atoms with van der Waals surface area (Å²) in [6.45, 7) is 0. The van der Waals surface area contributed by atoms with Crippen LogP contribution in [0, 0.1) is 11.8 Å². The molecule has 2 aromatic carbocycles. The Labute approximate surface area is 165 Å². The lowest BCUT2D eigenvalue weighted by atomic mass is 9.81. The second-order valence-electron chi connectivity index (χ2n) is 6.96. The molecule has 0 heterocycles. The Morgan fingerprint density at radius 3 is 1.82 bits per heavy atom. The molecule has 0 radical (unpaired) electrons. The van der Waals surface area contributed by atoms with Gasteiger partial charge in [0.1, 0.15) is 0 Å². The van der Waals surface area contributed by atoms with Gasteiger partial charge in [-0.05, 0) is 49.9 Å². The zero-order chi connectivity index (χ0) is 19.9. The van der Waals surface area contributed by atoms with Crippen LogP contribution in [0.2, 0.25) is 0 Å². The van der Waals surface area contributed by atoms with Crippen molar-refractivity contribution < 1.29 is 19.1 Å². The topological polar surface area (TPSA) is 76.7 Å². The fourth-order valence-electron chi connectivity index (χ4n) is 3.54. The van der Waals surface area contributed by atoms with Gasteiger partial charge in [-0.25, -0.2) is 0 Å². The standard InChI is InChI=1S/C22H26N2O4/c1-27-19-13-12-18(14-20(19)28-2)24-22(26)16-10-8-15(9-11-16)21(25)23-17-6-4-3-5-7-17/h3-7,12-16H,8-11H2,1-2H3,(H,23,25)(H,24,26). The van der Waals surface area contributed by atoms with Gasteiger partial charge in [-0.1, -0.05) is 18.2 Å². The number of carbonyl (C=O) groups excluding carboxylic acids is 2. The second kappa shape index (κ2) is 9.26. The number of rotatable bonds is 6. The van der Waals surface area contributed by atoms with Gasteiger partial charge in [0.25, 0.3) is 0 Å². The highest BCUT2D eigenvalue weighted by molar-refractivity contribution is 5.94. The number of benzene rings is 2. The Hall–Kier alpha value is -3.02. The minimum absolute atomic E-state index is 0.0193. The maximum Gasteiger partial charge on any atom is 0.227 e. The van der Waals surface area contributed by atoms with Gasteiger partial charge < -0.3 is 20.1 Å². The molecule has 6 nitrogen and oxygen atoms in total. The smallest absolute Gasteiger partial charge is 0.227 e. The van der Waals surface area contributed by atoms with Crippen molar-refractivity contribution in [2.45, 2.75) is 25.7 Å².